The average Bonchev–Trinajstić information content (AvgIpc) is 2.46. The van der Waals surface area contributed by atoms with Crippen LogP contribution in [0.15, 0.2) is 30.5 Å². The van der Waals surface area contributed by atoms with Gasteiger partial charge in [-0.05, 0) is 30.7 Å². The molecule has 2 heterocycles. The van der Waals surface area contributed by atoms with Crippen LogP contribution in [0.5, 0.6) is 0 Å². The third-order valence-electron chi connectivity index (χ3n) is 4.01. The van der Waals surface area contributed by atoms with E-state index in [0.29, 0.717) is 24.7 Å². The summed E-state index contributed by atoms with van der Waals surface area (Å²) in [6.45, 7) is 3.67. The number of carbonyl (C=O) groups excluding carboxylic acids is 1. The molecule has 2 N–H and O–H groups in total. The van der Waals surface area contributed by atoms with Crippen LogP contribution in [0.1, 0.15) is 12.5 Å². The second-order valence-electron chi connectivity index (χ2n) is 5.53. The molecule has 0 radical (unpaired) electrons. The predicted octanol–water partition coefficient (Wildman–Crippen LogP) is 1.96. The number of morpholine rings is 1. The lowest BCUT2D eigenvalue weighted by molar-refractivity contribution is -0.136. The quantitative estimate of drug-likeness (QED) is 0.939. The Morgan fingerprint density at radius 2 is 2.36 bits per heavy atom. The number of rotatable bonds is 3. The first-order valence-corrected chi connectivity index (χ1v) is 7.62. The summed E-state index contributed by atoms with van der Waals surface area (Å²) in [6.07, 6.45) is 1.54. The number of amides is 1. The number of fused-ring (bicyclic) bond motifs is 1. The Labute approximate surface area is 134 Å². The predicted molar refractivity (Wildman–Crippen MR) is 85.6 cm³/mol. The summed E-state index contributed by atoms with van der Waals surface area (Å²) in [4.78, 5) is 18.2. The van der Waals surface area contributed by atoms with Crippen molar-refractivity contribution >= 4 is 28.4 Å². The number of aromatic nitrogens is 1. The van der Waals surface area contributed by atoms with Crippen molar-refractivity contribution in [3.05, 3.63) is 41.0 Å². The Morgan fingerprint density at radius 3 is 3.14 bits per heavy atom. The molecule has 1 amide bonds. The lowest BCUT2D eigenvalue weighted by Gasteiger charge is -2.38. The molecule has 0 spiro atoms. The van der Waals surface area contributed by atoms with Gasteiger partial charge in [-0.1, -0.05) is 17.7 Å². The third kappa shape index (κ3) is 2.92. The molecule has 2 atom stereocenters. The number of nitrogens with zero attached hydrogens (tertiary/aromatic N) is 2. The normalized spacial score (nSPS) is 22.8. The SMILES string of the molecule is C[C@H]1OCCN(Cc2cc(Cl)cc3cccnc23)[C@@H]1C(N)=O. The highest BCUT2D eigenvalue weighted by Gasteiger charge is 2.33. The first-order valence-electron chi connectivity index (χ1n) is 7.24. The van der Waals surface area contributed by atoms with Gasteiger partial charge in [0.25, 0.3) is 0 Å². The van der Waals surface area contributed by atoms with Crippen LogP contribution in [0.4, 0.5) is 0 Å². The number of carbonyl (C=O) groups is 1. The van der Waals surface area contributed by atoms with Crippen LogP contribution in [0.3, 0.4) is 0 Å². The van der Waals surface area contributed by atoms with Crippen LogP contribution in [-0.2, 0) is 16.1 Å². The van der Waals surface area contributed by atoms with Crippen LogP contribution < -0.4 is 5.73 Å². The van der Waals surface area contributed by atoms with Crippen molar-refractivity contribution in [3.63, 3.8) is 0 Å². The van der Waals surface area contributed by atoms with Gasteiger partial charge < -0.3 is 10.5 Å². The minimum absolute atomic E-state index is 0.218. The average molecular weight is 320 g/mol. The second kappa shape index (κ2) is 6.20. The van der Waals surface area contributed by atoms with Crippen LogP contribution in [-0.4, -0.2) is 41.1 Å². The van der Waals surface area contributed by atoms with Crippen molar-refractivity contribution in [2.75, 3.05) is 13.2 Å². The molecule has 0 bridgehead atoms. The Bertz CT molecular complexity index is 707. The molecular weight excluding hydrogens is 302 g/mol. The fourth-order valence-corrected chi connectivity index (χ4v) is 3.29. The van der Waals surface area contributed by atoms with E-state index in [9.17, 15) is 4.79 Å². The molecule has 0 aliphatic carbocycles. The van der Waals surface area contributed by atoms with E-state index in [2.05, 4.69) is 4.98 Å². The highest BCUT2D eigenvalue weighted by atomic mass is 35.5. The number of primary amides is 1. The molecule has 1 aromatic carbocycles. The molecule has 3 rings (SSSR count). The van der Waals surface area contributed by atoms with E-state index >= 15 is 0 Å². The number of halogens is 1. The maximum Gasteiger partial charge on any atom is 0.237 e. The molecule has 6 heteroatoms. The van der Waals surface area contributed by atoms with Crippen molar-refractivity contribution in [2.24, 2.45) is 5.73 Å². The van der Waals surface area contributed by atoms with Gasteiger partial charge in [-0.15, -0.1) is 0 Å². The molecule has 1 aliphatic heterocycles. The first-order chi connectivity index (χ1) is 10.6. The molecule has 2 aromatic rings. The monoisotopic (exact) mass is 319 g/mol. The topological polar surface area (TPSA) is 68.4 Å². The maximum atomic E-state index is 11.8. The Hall–Kier alpha value is -1.69. The molecule has 1 fully saturated rings. The summed E-state index contributed by atoms with van der Waals surface area (Å²) < 4.78 is 5.55. The summed E-state index contributed by atoms with van der Waals surface area (Å²) >= 11 is 6.21. The van der Waals surface area contributed by atoms with Crippen molar-refractivity contribution in [2.45, 2.75) is 25.6 Å². The minimum atomic E-state index is -0.438. The van der Waals surface area contributed by atoms with Crippen LogP contribution in [0, 0.1) is 0 Å². The second-order valence-corrected chi connectivity index (χ2v) is 5.97. The zero-order valence-electron chi connectivity index (χ0n) is 12.3. The highest BCUT2D eigenvalue weighted by molar-refractivity contribution is 6.31. The Balaban J connectivity index is 1.96. The maximum absolute atomic E-state index is 11.8. The van der Waals surface area contributed by atoms with E-state index in [4.69, 9.17) is 22.1 Å². The summed E-state index contributed by atoms with van der Waals surface area (Å²) in [6, 6.07) is 7.21. The minimum Gasteiger partial charge on any atom is -0.375 e. The lowest BCUT2D eigenvalue weighted by Crippen LogP contribution is -2.56. The fourth-order valence-electron chi connectivity index (χ4n) is 3.04. The molecule has 0 unspecified atom stereocenters. The zero-order valence-corrected chi connectivity index (χ0v) is 13.1. The van der Waals surface area contributed by atoms with Gasteiger partial charge in [-0.2, -0.15) is 0 Å². The van der Waals surface area contributed by atoms with Gasteiger partial charge >= 0.3 is 0 Å². The number of nitrogens with two attached hydrogens (primary N) is 1. The van der Waals surface area contributed by atoms with Gasteiger partial charge in [-0.3, -0.25) is 14.7 Å². The molecule has 1 saturated heterocycles. The van der Waals surface area contributed by atoms with Gasteiger partial charge in [0.15, 0.2) is 0 Å². The van der Waals surface area contributed by atoms with Crippen LogP contribution in [0.25, 0.3) is 10.9 Å². The van der Waals surface area contributed by atoms with E-state index in [-0.39, 0.29) is 12.0 Å². The van der Waals surface area contributed by atoms with E-state index in [0.717, 1.165) is 16.5 Å². The largest absolute Gasteiger partial charge is 0.375 e. The van der Waals surface area contributed by atoms with Crippen molar-refractivity contribution in [3.8, 4) is 0 Å². The van der Waals surface area contributed by atoms with Gasteiger partial charge in [0.2, 0.25) is 5.91 Å². The number of hydrogen-bond donors (Lipinski definition) is 1. The molecule has 5 nitrogen and oxygen atoms in total. The smallest absolute Gasteiger partial charge is 0.237 e. The standard InChI is InChI=1S/C16H18ClN3O2/c1-10-15(16(18)21)20(5-6-22-10)9-12-8-13(17)7-11-3-2-4-19-14(11)12/h2-4,7-8,10,15H,5-6,9H2,1H3,(H2,18,21)/t10-,15+/m1/s1. The first kappa shape index (κ1) is 15.2. The number of hydrogen-bond acceptors (Lipinski definition) is 4. The van der Waals surface area contributed by atoms with E-state index < -0.39 is 6.04 Å². The highest BCUT2D eigenvalue weighted by Crippen LogP contribution is 2.25. The van der Waals surface area contributed by atoms with Crippen LogP contribution in [0.2, 0.25) is 5.02 Å². The molecule has 0 saturated carbocycles. The molecular formula is C16H18ClN3O2. The van der Waals surface area contributed by atoms with E-state index in [1.54, 1.807) is 6.20 Å². The Morgan fingerprint density at radius 1 is 1.55 bits per heavy atom. The number of ether oxygens (including phenoxy) is 1. The van der Waals surface area contributed by atoms with Gasteiger partial charge in [0, 0.05) is 29.7 Å². The van der Waals surface area contributed by atoms with Crippen LogP contribution >= 0.6 is 11.6 Å². The van der Waals surface area contributed by atoms with Gasteiger partial charge in [0.1, 0.15) is 6.04 Å². The fraction of sp³-hybridized carbons (Fsp3) is 0.375. The summed E-state index contributed by atoms with van der Waals surface area (Å²) in [5.41, 5.74) is 7.43. The lowest BCUT2D eigenvalue weighted by atomic mass is 10.0. The third-order valence-corrected chi connectivity index (χ3v) is 4.23. The Kier molecular flexibility index (Phi) is 4.29. The number of benzene rings is 1. The van der Waals surface area contributed by atoms with E-state index in [1.165, 1.54) is 0 Å². The molecule has 1 aromatic heterocycles. The number of pyridine rings is 1. The van der Waals surface area contributed by atoms with Crippen molar-refractivity contribution < 1.29 is 9.53 Å². The summed E-state index contributed by atoms with van der Waals surface area (Å²) in [5, 5.41) is 1.65. The molecule has 116 valence electrons. The van der Waals surface area contributed by atoms with Gasteiger partial charge in [0.05, 0.1) is 18.2 Å². The van der Waals surface area contributed by atoms with Crippen molar-refractivity contribution in [1.82, 2.24) is 9.88 Å². The summed E-state index contributed by atoms with van der Waals surface area (Å²) in [5.74, 6) is -0.369. The van der Waals surface area contributed by atoms with Crippen molar-refractivity contribution in [1.29, 1.82) is 0 Å². The molecule has 1 aliphatic rings. The summed E-state index contributed by atoms with van der Waals surface area (Å²) in [7, 11) is 0. The molecule has 22 heavy (non-hydrogen) atoms. The van der Waals surface area contributed by atoms with Gasteiger partial charge in [-0.25, -0.2) is 0 Å². The van der Waals surface area contributed by atoms with E-state index in [1.807, 2.05) is 36.1 Å². The zero-order chi connectivity index (χ0) is 15.7.